The Labute approximate surface area is 95.6 Å². The summed E-state index contributed by atoms with van der Waals surface area (Å²) >= 11 is 0. The van der Waals surface area contributed by atoms with Gasteiger partial charge in [0.1, 0.15) is 11.6 Å². The zero-order chi connectivity index (χ0) is 12.1. The highest BCUT2D eigenvalue weighted by molar-refractivity contribution is 5.44. The summed E-state index contributed by atoms with van der Waals surface area (Å²) in [6.07, 6.45) is 0.749. The van der Waals surface area contributed by atoms with Crippen molar-refractivity contribution in [2.45, 2.75) is 27.2 Å². The van der Waals surface area contributed by atoms with Crippen molar-refractivity contribution < 1.29 is 4.74 Å². The molecular weight excluding hydrogens is 202 g/mol. The van der Waals surface area contributed by atoms with Crippen LogP contribution in [0, 0.1) is 25.2 Å². The second-order valence-electron chi connectivity index (χ2n) is 3.76. The van der Waals surface area contributed by atoms with Crippen molar-refractivity contribution in [2.75, 3.05) is 6.61 Å². The van der Waals surface area contributed by atoms with Crippen molar-refractivity contribution in [3.63, 3.8) is 0 Å². The van der Waals surface area contributed by atoms with E-state index in [1.807, 2.05) is 20.8 Å². The minimum atomic E-state index is 0.312. The van der Waals surface area contributed by atoms with Crippen molar-refractivity contribution in [1.82, 2.24) is 10.2 Å². The first-order valence-corrected chi connectivity index (χ1v) is 5.07. The van der Waals surface area contributed by atoms with Crippen LogP contribution in [0.3, 0.4) is 0 Å². The maximum Gasteiger partial charge on any atom is 0.251 e. The van der Waals surface area contributed by atoms with E-state index in [-0.39, 0.29) is 0 Å². The van der Waals surface area contributed by atoms with Crippen molar-refractivity contribution in [3.05, 3.63) is 29.0 Å². The van der Waals surface area contributed by atoms with Gasteiger partial charge in [-0.2, -0.15) is 10.4 Å². The Morgan fingerprint density at radius 3 is 2.69 bits per heavy atom. The van der Waals surface area contributed by atoms with E-state index in [1.165, 1.54) is 0 Å². The zero-order valence-corrected chi connectivity index (χ0v) is 9.87. The van der Waals surface area contributed by atoms with Crippen LogP contribution < -0.4 is 4.74 Å². The number of hydrogen-bond donors (Lipinski definition) is 0. The molecule has 1 aromatic heterocycles. The molecule has 1 aromatic rings. The van der Waals surface area contributed by atoms with Gasteiger partial charge in [0.05, 0.1) is 12.3 Å². The highest BCUT2D eigenvalue weighted by atomic mass is 16.5. The van der Waals surface area contributed by atoms with Gasteiger partial charge in [0, 0.05) is 6.42 Å². The largest absolute Gasteiger partial charge is 0.475 e. The lowest BCUT2D eigenvalue weighted by atomic mass is 10.1. The van der Waals surface area contributed by atoms with Crippen LogP contribution in [0.15, 0.2) is 12.2 Å². The number of hydrogen-bond acceptors (Lipinski definition) is 4. The molecule has 0 atom stereocenters. The summed E-state index contributed by atoms with van der Waals surface area (Å²) in [5, 5.41) is 16.8. The fourth-order valence-electron chi connectivity index (χ4n) is 1.14. The molecular formula is C12H15N3O. The summed E-state index contributed by atoms with van der Waals surface area (Å²) in [5.41, 5.74) is 3.08. The van der Waals surface area contributed by atoms with E-state index >= 15 is 0 Å². The first kappa shape index (κ1) is 12.2. The molecule has 0 saturated carbocycles. The van der Waals surface area contributed by atoms with Crippen molar-refractivity contribution >= 4 is 0 Å². The molecule has 0 bridgehead atoms. The number of ether oxygens (including phenoxy) is 1. The molecule has 0 aliphatic heterocycles. The van der Waals surface area contributed by atoms with Crippen LogP contribution in [0.1, 0.15) is 30.2 Å². The van der Waals surface area contributed by atoms with Crippen LogP contribution in [0.25, 0.3) is 0 Å². The fourth-order valence-corrected chi connectivity index (χ4v) is 1.14. The van der Waals surface area contributed by atoms with Gasteiger partial charge in [-0.3, -0.25) is 0 Å². The molecule has 0 saturated heterocycles. The van der Waals surface area contributed by atoms with Crippen LogP contribution in [0.5, 0.6) is 5.88 Å². The Morgan fingerprint density at radius 1 is 1.44 bits per heavy atom. The third-order valence-electron chi connectivity index (χ3n) is 2.30. The smallest absolute Gasteiger partial charge is 0.251 e. The Kier molecular flexibility index (Phi) is 4.01. The monoisotopic (exact) mass is 217 g/mol. The van der Waals surface area contributed by atoms with E-state index in [2.05, 4.69) is 22.8 Å². The van der Waals surface area contributed by atoms with Crippen LogP contribution in [0.4, 0.5) is 0 Å². The molecule has 0 aliphatic carbocycles. The lowest BCUT2D eigenvalue weighted by molar-refractivity contribution is 0.304. The molecule has 16 heavy (non-hydrogen) atoms. The van der Waals surface area contributed by atoms with Gasteiger partial charge in [-0.1, -0.05) is 5.57 Å². The lowest BCUT2D eigenvalue weighted by Gasteiger charge is -2.08. The van der Waals surface area contributed by atoms with Crippen molar-refractivity contribution in [2.24, 2.45) is 0 Å². The zero-order valence-electron chi connectivity index (χ0n) is 9.87. The second-order valence-corrected chi connectivity index (χ2v) is 3.76. The third kappa shape index (κ3) is 2.80. The molecule has 0 aromatic carbocycles. The van der Waals surface area contributed by atoms with Crippen LogP contribution in [-0.4, -0.2) is 16.8 Å². The lowest BCUT2D eigenvalue weighted by Crippen LogP contribution is -2.05. The molecule has 1 rings (SSSR count). The maximum absolute atomic E-state index is 9.02. The minimum absolute atomic E-state index is 0.312. The quantitative estimate of drug-likeness (QED) is 0.726. The van der Waals surface area contributed by atoms with E-state index in [0.29, 0.717) is 18.1 Å². The average molecular weight is 217 g/mol. The molecule has 0 unspecified atom stereocenters. The van der Waals surface area contributed by atoms with E-state index in [1.54, 1.807) is 0 Å². The topological polar surface area (TPSA) is 58.8 Å². The average Bonchev–Trinajstić information content (AvgIpc) is 2.23. The van der Waals surface area contributed by atoms with Gasteiger partial charge in [-0.25, -0.2) is 0 Å². The summed E-state index contributed by atoms with van der Waals surface area (Å²) in [5.74, 6) is 0.312. The predicted octanol–water partition coefficient (Wildman–Crippen LogP) is 2.31. The second kappa shape index (κ2) is 5.26. The molecule has 1 heterocycles. The standard InChI is InChI=1S/C12H15N3O/c1-8(2)5-6-16-12-11(7-13)9(3)10(4)14-15-12/h1,5-6H2,2-4H3. The molecule has 0 radical (unpaired) electrons. The van der Waals surface area contributed by atoms with E-state index in [4.69, 9.17) is 10.00 Å². The Balaban J connectivity index is 2.85. The molecule has 0 fully saturated rings. The molecule has 4 nitrogen and oxygen atoms in total. The van der Waals surface area contributed by atoms with Crippen molar-refractivity contribution in [3.8, 4) is 11.9 Å². The number of aromatic nitrogens is 2. The Hall–Kier alpha value is -1.89. The van der Waals surface area contributed by atoms with Gasteiger partial charge >= 0.3 is 0 Å². The third-order valence-corrected chi connectivity index (χ3v) is 2.30. The molecule has 4 heteroatoms. The molecule has 0 aliphatic rings. The Bertz CT molecular complexity index is 446. The van der Waals surface area contributed by atoms with Crippen molar-refractivity contribution in [1.29, 1.82) is 5.26 Å². The van der Waals surface area contributed by atoms with Gasteiger partial charge in [0.15, 0.2) is 0 Å². The summed E-state index contributed by atoms with van der Waals surface area (Å²) in [6, 6.07) is 2.09. The maximum atomic E-state index is 9.02. The SMILES string of the molecule is C=C(C)CCOc1nnc(C)c(C)c1C#N. The summed E-state index contributed by atoms with van der Waals surface area (Å²) in [4.78, 5) is 0. The normalized spacial score (nSPS) is 9.62. The molecule has 0 spiro atoms. The number of aryl methyl sites for hydroxylation is 1. The first-order valence-electron chi connectivity index (χ1n) is 5.07. The van der Waals surface area contributed by atoms with E-state index in [0.717, 1.165) is 23.3 Å². The van der Waals surface area contributed by atoms with Gasteiger partial charge in [-0.15, -0.1) is 11.7 Å². The highest BCUT2D eigenvalue weighted by Crippen LogP contribution is 2.19. The Morgan fingerprint density at radius 2 is 2.12 bits per heavy atom. The van der Waals surface area contributed by atoms with Gasteiger partial charge < -0.3 is 4.74 Å². The number of rotatable bonds is 4. The predicted molar refractivity (Wildman–Crippen MR) is 61.1 cm³/mol. The van der Waals surface area contributed by atoms with Gasteiger partial charge in [-0.05, 0) is 26.3 Å². The van der Waals surface area contributed by atoms with E-state index < -0.39 is 0 Å². The van der Waals surface area contributed by atoms with Crippen LogP contribution in [0.2, 0.25) is 0 Å². The summed E-state index contributed by atoms with van der Waals surface area (Å²) < 4.78 is 5.42. The molecule has 0 N–H and O–H groups in total. The number of nitriles is 1. The molecule has 0 amide bonds. The summed E-state index contributed by atoms with van der Waals surface area (Å²) in [6.45, 7) is 9.85. The first-order chi connectivity index (χ1) is 7.56. The highest BCUT2D eigenvalue weighted by Gasteiger charge is 2.11. The van der Waals surface area contributed by atoms with Crippen LogP contribution in [-0.2, 0) is 0 Å². The van der Waals surface area contributed by atoms with Gasteiger partial charge in [0.25, 0.3) is 5.88 Å². The van der Waals surface area contributed by atoms with Gasteiger partial charge in [0.2, 0.25) is 0 Å². The molecule has 84 valence electrons. The minimum Gasteiger partial charge on any atom is -0.475 e. The fraction of sp³-hybridized carbons (Fsp3) is 0.417. The summed E-state index contributed by atoms with van der Waals surface area (Å²) in [7, 11) is 0. The van der Waals surface area contributed by atoms with E-state index in [9.17, 15) is 0 Å². The van der Waals surface area contributed by atoms with Crippen LogP contribution >= 0.6 is 0 Å². The number of nitrogens with zero attached hydrogens (tertiary/aromatic N) is 3.